The molecule has 6 aromatic rings. The zero-order chi connectivity index (χ0) is 36.8. The number of nitrogens with zero attached hydrogens (tertiary/aromatic N) is 2. The van der Waals surface area contributed by atoms with Crippen molar-refractivity contribution in [3.8, 4) is 5.75 Å². The number of carboxylic acids is 1. The molecule has 2 N–H and O–H groups in total. The quantitative estimate of drug-likeness (QED) is 0.0791. The molecule has 0 amide bonds. The number of aromatic carboxylic acids is 1. The number of carbonyl (C=O) groups is 1. The van der Waals surface area contributed by atoms with E-state index >= 15 is 0 Å². The van der Waals surface area contributed by atoms with Gasteiger partial charge in [0.25, 0.3) is 5.69 Å². The Kier molecular flexibility index (Phi) is 11.3. The molecule has 0 radical (unpaired) electrons. The van der Waals surface area contributed by atoms with Crippen LogP contribution >= 0.6 is 23.2 Å². The van der Waals surface area contributed by atoms with Crippen molar-refractivity contribution in [1.29, 1.82) is 0 Å². The number of fused-ring (bicyclic) bond motifs is 1. The van der Waals surface area contributed by atoms with Crippen LogP contribution in [0.25, 0.3) is 10.9 Å². The Labute approximate surface area is 310 Å². The van der Waals surface area contributed by atoms with Gasteiger partial charge in [-0.05, 0) is 71.3 Å². The van der Waals surface area contributed by atoms with Gasteiger partial charge in [0, 0.05) is 57.7 Å². The summed E-state index contributed by atoms with van der Waals surface area (Å²) < 4.78 is 37.7. The summed E-state index contributed by atoms with van der Waals surface area (Å²) in [5.41, 5.74) is 4.46. The highest BCUT2D eigenvalue weighted by molar-refractivity contribution is 7.88. The molecule has 0 spiro atoms. The highest BCUT2D eigenvalue weighted by Gasteiger charge is 2.27. The van der Waals surface area contributed by atoms with Crippen molar-refractivity contribution in [2.45, 2.75) is 24.6 Å². The van der Waals surface area contributed by atoms with E-state index in [1.165, 1.54) is 24.3 Å². The van der Waals surface area contributed by atoms with E-state index < -0.39 is 26.7 Å². The molecule has 0 saturated carbocycles. The minimum atomic E-state index is -4.02. The third-order valence-corrected chi connectivity index (χ3v) is 10.5. The molecule has 0 saturated heterocycles. The average Bonchev–Trinajstić information content (AvgIpc) is 3.41. The number of benzene rings is 5. The molecule has 0 atom stereocenters. The number of nitro groups is 1. The second-order valence-electron chi connectivity index (χ2n) is 12.0. The molecule has 0 bridgehead atoms. The van der Waals surface area contributed by atoms with Gasteiger partial charge in [-0.3, -0.25) is 10.1 Å². The van der Waals surface area contributed by atoms with Crippen molar-refractivity contribution in [2.75, 3.05) is 13.2 Å². The average molecular weight is 759 g/mol. The lowest BCUT2D eigenvalue weighted by Gasteiger charge is -2.25. The number of halogens is 2. The Balaban J connectivity index is 1.40. The predicted octanol–water partition coefficient (Wildman–Crippen LogP) is 8.48. The van der Waals surface area contributed by atoms with E-state index in [0.29, 0.717) is 17.2 Å². The molecule has 1 aromatic heterocycles. The van der Waals surface area contributed by atoms with E-state index in [1.807, 2.05) is 54.6 Å². The van der Waals surface area contributed by atoms with Crippen molar-refractivity contribution < 1.29 is 28.0 Å². The van der Waals surface area contributed by atoms with Gasteiger partial charge in [0.15, 0.2) is 0 Å². The topological polar surface area (TPSA) is 141 Å². The summed E-state index contributed by atoms with van der Waals surface area (Å²) in [4.78, 5) is 22.3. The van der Waals surface area contributed by atoms with E-state index in [4.69, 9.17) is 27.9 Å². The molecular weight excluding hydrogens is 725 g/mol. The van der Waals surface area contributed by atoms with Crippen LogP contribution in [0.4, 0.5) is 5.69 Å². The largest absolute Gasteiger partial charge is 0.493 e. The van der Waals surface area contributed by atoms with Gasteiger partial charge in [-0.1, -0.05) is 83.9 Å². The Morgan fingerprint density at radius 2 is 1.46 bits per heavy atom. The van der Waals surface area contributed by atoms with E-state index in [2.05, 4.69) is 33.6 Å². The molecular formula is C39H33Cl2N3O7S. The summed E-state index contributed by atoms with van der Waals surface area (Å²) in [6.07, 6.45) is 0.674. The Hall–Kier alpha value is -5.20. The van der Waals surface area contributed by atoms with Gasteiger partial charge < -0.3 is 14.4 Å². The highest BCUT2D eigenvalue weighted by atomic mass is 35.5. The van der Waals surface area contributed by atoms with Gasteiger partial charge in [-0.15, -0.1) is 0 Å². The van der Waals surface area contributed by atoms with Crippen LogP contribution in [0.1, 0.15) is 44.3 Å². The van der Waals surface area contributed by atoms with Gasteiger partial charge in [0.2, 0.25) is 10.0 Å². The first kappa shape index (κ1) is 36.6. The Bertz CT molecular complexity index is 2290. The van der Waals surface area contributed by atoms with Crippen LogP contribution in [-0.4, -0.2) is 42.1 Å². The lowest BCUT2D eigenvalue weighted by Crippen LogP contribution is -2.28. The number of hydrogen-bond donors (Lipinski definition) is 2. The molecule has 6 rings (SSSR count). The molecule has 52 heavy (non-hydrogen) atoms. The van der Waals surface area contributed by atoms with Crippen molar-refractivity contribution in [3.63, 3.8) is 0 Å². The van der Waals surface area contributed by atoms with Crippen LogP contribution in [0.5, 0.6) is 5.75 Å². The monoisotopic (exact) mass is 757 g/mol. The van der Waals surface area contributed by atoms with Crippen molar-refractivity contribution in [1.82, 2.24) is 9.29 Å². The van der Waals surface area contributed by atoms with Crippen LogP contribution < -0.4 is 9.46 Å². The van der Waals surface area contributed by atoms with Crippen molar-refractivity contribution in [3.05, 3.63) is 175 Å². The number of nitro benzene ring substituents is 1. The first-order chi connectivity index (χ1) is 25.0. The fourth-order valence-electron chi connectivity index (χ4n) is 6.39. The molecule has 1 heterocycles. The highest BCUT2D eigenvalue weighted by Crippen LogP contribution is 2.38. The molecule has 0 aliphatic heterocycles. The zero-order valence-electron chi connectivity index (χ0n) is 27.6. The Morgan fingerprint density at radius 3 is 2.08 bits per heavy atom. The maximum absolute atomic E-state index is 13.4. The van der Waals surface area contributed by atoms with E-state index in [0.717, 1.165) is 39.4 Å². The SMILES string of the molecule is O=C(O)c1ccc(OCCc2c(CCNS(=O)(=O)Cc3ccc(Cl)cc3[N+](=O)[O-])n(C(c3ccccc3)c3ccccc3)c3ccc(Cl)cc23)cc1. The summed E-state index contributed by atoms with van der Waals surface area (Å²) in [6, 6.07) is 35.4. The number of rotatable bonds is 15. The molecule has 0 unspecified atom stereocenters. The summed E-state index contributed by atoms with van der Waals surface area (Å²) in [7, 11) is -4.02. The fraction of sp³-hybridized carbons (Fsp3) is 0.154. The number of ether oxygens (including phenoxy) is 1. The summed E-state index contributed by atoms with van der Waals surface area (Å²) in [6.45, 7) is 0.229. The van der Waals surface area contributed by atoms with Crippen LogP contribution in [0.2, 0.25) is 10.0 Å². The standard InChI is InChI=1S/C39H33Cl2N3O7S/c40-30-15-18-35-34(23-30)33(20-22-51-32-16-12-28(13-17-32)39(45)46)36(43(35)38(26-7-3-1-4-8-26)27-9-5-2-6-10-27)19-21-42-52(49,50)25-29-11-14-31(41)24-37(29)44(47)48/h1-18,23-24,38,42H,19-22,25H2,(H,45,46). The lowest BCUT2D eigenvalue weighted by molar-refractivity contribution is -0.385. The maximum Gasteiger partial charge on any atom is 0.335 e. The smallest absolute Gasteiger partial charge is 0.335 e. The number of aromatic nitrogens is 1. The van der Waals surface area contributed by atoms with Gasteiger partial charge in [0.1, 0.15) is 5.75 Å². The molecule has 0 aliphatic carbocycles. The molecule has 10 nitrogen and oxygen atoms in total. The van der Waals surface area contributed by atoms with Crippen molar-refractivity contribution >= 4 is 55.8 Å². The van der Waals surface area contributed by atoms with Crippen molar-refractivity contribution in [2.24, 2.45) is 0 Å². The first-order valence-corrected chi connectivity index (χ1v) is 18.7. The first-order valence-electron chi connectivity index (χ1n) is 16.3. The second-order valence-corrected chi connectivity index (χ2v) is 14.7. The number of nitrogens with one attached hydrogen (secondary N) is 1. The van der Waals surface area contributed by atoms with Gasteiger partial charge in [-0.2, -0.15) is 0 Å². The van der Waals surface area contributed by atoms with Gasteiger partial charge >= 0.3 is 5.97 Å². The van der Waals surface area contributed by atoms with Crippen LogP contribution in [-0.2, 0) is 28.6 Å². The van der Waals surface area contributed by atoms with Crippen LogP contribution in [0, 0.1) is 10.1 Å². The van der Waals surface area contributed by atoms with E-state index in [9.17, 15) is 28.4 Å². The third-order valence-electron chi connectivity index (χ3n) is 8.67. The molecule has 0 aliphatic rings. The zero-order valence-corrected chi connectivity index (χ0v) is 29.9. The summed E-state index contributed by atoms with van der Waals surface area (Å²) >= 11 is 12.5. The van der Waals surface area contributed by atoms with Crippen LogP contribution in [0.15, 0.2) is 121 Å². The normalized spacial score (nSPS) is 11.6. The number of hydrogen-bond acceptors (Lipinski definition) is 6. The van der Waals surface area contributed by atoms with E-state index in [-0.39, 0.29) is 47.5 Å². The summed E-state index contributed by atoms with van der Waals surface area (Å²) in [5.74, 6) is -1.13. The minimum Gasteiger partial charge on any atom is -0.493 e. The molecule has 0 fully saturated rings. The Morgan fingerprint density at radius 1 is 0.846 bits per heavy atom. The minimum absolute atomic E-state index is 0.00538. The van der Waals surface area contributed by atoms with Crippen LogP contribution in [0.3, 0.4) is 0 Å². The third kappa shape index (κ3) is 8.46. The van der Waals surface area contributed by atoms with Gasteiger partial charge in [-0.25, -0.2) is 17.9 Å². The maximum atomic E-state index is 13.4. The molecule has 5 aromatic carbocycles. The molecule has 13 heteroatoms. The number of carboxylic acid groups (broad SMARTS) is 1. The predicted molar refractivity (Wildman–Crippen MR) is 202 cm³/mol. The second kappa shape index (κ2) is 16.0. The van der Waals surface area contributed by atoms with E-state index in [1.54, 1.807) is 12.1 Å². The van der Waals surface area contributed by atoms with Gasteiger partial charge in [0.05, 0.1) is 28.9 Å². The lowest BCUT2D eigenvalue weighted by atomic mass is 9.97. The fourth-order valence-corrected chi connectivity index (χ4v) is 7.89. The molecule has 266 valence electrons. The number of sulfonamides is 1. The summed E-state index contributed by atoms with van der Waals surface area (Å²) in [5, 5.41) is 22.5.